The minimum atomic E-state index is -2.77. The van der Waals surface area contributed by atoms with Gasteiger partial charge in [0, 0.05) is 0 Å². The van der Waals surface area contributed by atoms with Crippen LogP contribution in [0.2, 0.25) is 0 Å². The SMILES string of the molecule is N#CC(NSO)C(F)F. The van der Waals surface area contributed by atoms with Crippen LogP contribution in [0.5, 0.6) is 0 Å². The third kappa shape index (κ3) is 3.24. The monoisotopic (exact) mass is 154 g/mol. The van der Waals surface area contributed by atoms with Crippen LogP contribution in [0.25, 0.3) is 0 Å². The van der Waals surface area contributed by atoms with Crippen LogP contribution >= 0.6 is 12.2 Å². The number of nitriles is 1. The maximum Gasteiger partial charge on any atom is 0.267 e. The molecule has 0 bridgehead atoms. The molecular weight excluding hydrogens is 150 g/mol. The number of alkyl halides is 2. The molecule has 0 aromatic heterocycles. The maximum atomic E-state index is 11.5. The summed E-state index contributed by atoms with van der Waals surface area (Å²) < 4.78 is 32.7. The molecule has 3 nitrogen and oxygen atoms in total. The Morgan fingerprint density at radius 1 is 1.67 bits per heavy atom. The number of hydrogen-bond acceptors (Lipinski definition) is 4. The van der Waals surface area contributed by atoms with Gasteiger partial charge in [-0.2, -0.15) is 5.26 Å². The second-order valence-electron chi connectivity index (χ2n) is 1.15. The molecular formula is C3H4F2N2OS. The van der Waals surface area contributed by atoms with E-state index in [0.29, 0.717) is 0 Å². The molecule has 0 radical (unpaired) electrons. The predicted molar refractivity (Wildman–Crippen MR) is 28.8 cm³/mol. The van der Waals surface area contributed by atoms with Crippen molar-refractivity contribution in [1.82, 2.24) is 4.72 Å². The molecule has 6 heteroatoms. The highest BCUT2D eigenvalue weighted by Crippen LogP contribution is 2.01. The molecule has 0 aliphatic heterocycles. The average molecular weight is 154 g/mol. The topological polar surface area (TPSA) is 56.0 Å². The zero-order valence-corrected chi connectivity index (χ0v) is 5.03. The Hall–Kier alpha value is -0.380. The molecule has 0 aliphatic carbocycles. The van der Waals surface area contributed by atoms with Crippen LogP contribution in [0.1, 0.15) is 0 Å². The van der Waals surface area contributed by atoms with Crippen molar-refractivity contribution in [1.29, 1.82) is 5.26 Å². The largest absolute Gasteiger partial charge is 0.317 e. The maximum absolute atomic E-state index is 11.5. The zero-order valence-electron chi connectivity index (χ0n) is 4.21. The lowest BCUT2D eigenvalue weighted by Crippen LogP contribution is -2.28. The highest BCUT2D eigenvalue weighted by atomic mass is 32.2. The molecule has 1 unspecified atom stereocenters. The molecule has 9 heavy (non-hydrogen) atoms. The van der Waals surface area contributed by atoms with Crippen LogP contribution < -0.4 is 4.72 Å². The Morgan fingerprint density at radius 3 is 2.33 bits per heavy atom. The van der Waals surface area contributed by atoms with Gasteiger partial charge in [-0.1, -0.05) is 0 Å². The summed E-state index contributed by atoms with van der Waals surface area (Å²) in [7, 11) is 0. The van der Waals surface area contributed by atoms with Crippen LogP contribution in [0, 0.1) is 11.3 Å². The molecule has 0 heterocycles. The van der Waals surface area contributed by atoms with Crippen molar-refractivity contribution >= 4 is 12.2 Å². The van der Waals surface area contributed by atoms with Crippen molar-refractivity contribution in [2.75, 3.05) is 0 Å². The van der Waals surface area contributed by atoms with E-state index in [0.717, 1.165) is 0 Å². The van der Waals surface area contributed by atoms with E-state index in [9.17, 15) is 8.78 Å². The van der Waals surface area contributed by atoms with Gasteiger partial charge in [0.05, 0.1) is 18.3 Å². The number of halogens is 2. The third-order valence-electron chi connectivity index (χ3n) is 0.571. The van der Waals surface area contributed by atoms with Gasteiger partial charge in [0.15, 0.2) is 6.04 Å². The average Bonchev–Trinajstić information content (AvgIpc) is 1.82. The van der Waals surface area contributed by atoms with Crippen LogP contribution in [-0.2, 0) is 0 Å². The first-order valence-electron chi connectivity index (χ1n) is 1.96. The fourth-order valence-corrected chi connectivity index (χ4v) is 0.460. The van der Waals surface area contributed by atoms with E-state index < -0.39 is 12.5 Å². The molecule has 0 aliphatic rings. The van der Waals surface area contributed by atoms with Crippen molar-refractivity contribution in [3.05, 3.63) is 0 Å². The third-order valence-corrected chi connectivity index (χ3v) is 0.930. The summed E-state index contributed by atoms with van der Waals surface area (Å²) in [6.45, 7) is 0. The first-order valence-corrected chi connectivity index (χ1v) is 2.73. The molecule has 52 valence electrons. The summed E-state index contributed by atoms with van der Waals surface area (Å²) in [4.78, 5) is 0. The molecule has 0 saturated carbocycles. The van der Waals surface area contributed by atoms with Crippen molar-refractivity contribution < 1.29 is 13.3 Å². The van der Waals surface area contributed by atoms with E-state index in [-0.39, 0.29) is 12.2 Å². The van der Waals surface area contributed by atoms with Crippen molar-refractivity contribution in [2.24, 2.45) is 0 Å². The van der Waals surface area contributed by atoms with E-state index in [1.807, 2.05) is 0 Å². The Balaban J connectivity index is 3.58. The first kappa shape index (κ1) is 8.62. The number of rotatable bonds is 3. The molecule has 1 atom stereocenters. The lowest BCUT2D eigenvalue weighted by molar-refractivity contribution is 0.130. The molecule has 0 amide bonds. The Morgan fingerprint density at radius 2 is 2.22 bits per heavy atom. The number of nitrogens with one attached hydrogen (secondary N) is 1. The van der Waals surface area contributed by atoms with Gasteiger partial charge in [-0.3, -0.25) is 0 Å². The number of nitrogens with zero attached hydrogens (tertiary/aromatic N) is 1. The summed E-state index contributed by atoms with van der Waals surface area (Å²) in [6, 6.07) is -0.337. The highest BCUT2D eigenvalue weighted by Gasteiger charge is 2.18. The van der Waals surface area contributed by atoms with Gasteiger partial charge in [-0.05, 0) is 0 Å². The minimum Gasteiger partial charge on any atom is -0.317 e. The van der Waals surface area contributed by atoms with Gasteiger partial charge >= 0.3 is 0 Å². The van der Waals surface area contributed by atoms with Gasteiger partial charge in [0.1, 0.15) is 0 Å². The van der Waals surface area contributed by atoms with Crippen molar-refractivity contribution in [2.45, 2.75) is 12.5 Å². The fraction of sp³-hybridized carbons (Fsp3) is 0.667. The summed E-state index contributed by atoms with van der Waals surface area (Å²) in [5.41, 5.74) is 0. The van der Waals surface area contributed by atoms with Gasteiger partial charge in [-0.15, -0.1) is 0 Å². The minimum absolute atomic E-state index is 0.0101. The predicted octanol–water partition coefficient (Wildman–Crippen LogP) is 0.854. The van der Waals surface area contributed by atoms with E-state index in [2.05, 4.69) is 0 Å². The summed E-state index contributed by atoms with van der Waals surface area (Å²) in [5.74, 6) is 0. The molecule has 0 spiro atoms. The van der Waals surface area contributed by atoms with E-state index in [1.54, 1.807) is 4.72 Å². The van der Waals surface area contributed by atoms with E-state index >= 15 is 0 Å². The molecule has 0 saturated heterocycles. The van der Waals surface area contributed by atoms with Gasteiger partial charge in [0.25, 0.3) is 6.43 Å². The lowest BCUT2D eigenvalue weighted by atomic mass is 10.4. The van der Waals surface area contributed by atoms with Gasteiger partial charge in [-0.25, -0.2) is 13.5 Å². The van der Waals surface area contributed by atoms with Crippen LogP contribution in [0.15, 0.2) is 0 Å². The molecule has 2 N–H and O–H groups in total. The Bertz CT molecular complexity index is 115. The van der Waals surface area contributed by atoms with Crippen LogP contribution in [0.3, 0.4) is 0 Å². The standard InChI is InChI=1S/C3H4F2N2OS/c4-3(5)2(1-6)7-9-8/h2-3,7-8H. The van der Waals surface area contributed by atoms with Crippen LogP contribution in [0.4, 0.5) is 8.78 Å². The summed E-state index contributed by atoms with van der Waals surface area (Å²) in [5, 5.41) is 7.91. The van der Waals surface area contributed by atoms with E-state index in [4.69, 9.17) is 9.81 Å². The number of hydrogen-bond donors (Lipinski definition) is 2. The normalized spacial score (nSPS) is 13.2. The van der Waals surface area contributed by atoms with Crippen molar-refractivity contribution in [3.63, 3.8) is 0 Å². The lowest BCUT2D eigenvalue weighted by Gasteiger charge is -2.03. The molecule has 0 aromatic rings. The quantitative estimate of drug-likeness (QED) is 0.467. The van der Waals surface area contributed by atoms with Crippen LogP contribution in [-0.4, -0.2) is 17.0 Å². The van der Waals surface area contributed by atoms with Crippen molar-refractivity contribution in [3.8, 4) is 6.07 Å². The highest BCUT2D eigenvalue weighted by molar-refractivity contribution is 7.91. The molecule has 0 rings (SSSR count). The summed E-state index contributed by atoms with van der Waals surface area (Å²) >= 11 is 0.0101. The second-order valence-corrected chi connectivity index (χ2v) is 1.57. The zero-order chi connectivity index (χ0) is 7.28. The molecule has 0 aromatic carbocycles. The summed E-state index contributed by atoms with van der Waals surface area (Å²) in [6.07, 6.45) is -2.77. The second kappa shape index (κ2) is 4.49. The molecule has 0 fully saturated rings. The first-order chi connectivity index (χ1) is 4.22. The Kier molecular flexibility index (Phi) is 4.30. The fourth-order valence-electron chi connectivity index (χ4n) is 0.191. The van der Waals surface area contributed by atoms with E-state index in [1.165, 1.54) is 6.07 Å². The Labute approximate surface area is 55.0 Å². The smallest absolute Gasteiger partial charge is 0.267 e. The van der Waals surface area contributed by atoms with Gasteiger partial charge in [0.2, 0.25) is 0 Å². The van der Waals surface area contributed by atoms with Gasteiger partial charge < -0.3 is 4.55 Å².